The number of halogens is 2. The van der Waals surface area contributed by atoms with Gasteiger partial charge in [0.15, 0.2) is 0 Å². The first-order valence-corrected chi connectivity index (χ1v) is 4.87. The van der Waals surface area contributed by atoms with Gasteiger partial charge in [0.1, 0.15) is 0 Å². The van der Waals surface area contributed by atoms with Gasteiger partial charge in [0, 0.05) is 26.1 Å². The third-order valence-corrected chi connectivity index (χ3v) is 3.23. The SMILES string of the molecule is CCC(=O)N1CC2(CNCC2(F)F)C1. The Hall–Kier alpha value is -0.710. The second-order valence-electron chi connectivity index (χ2n) is 4.19. The maximum atomic E-state index is 13.4. The number of carbonyl (C=O) groups is 1. The highest BCUT2D eigenvalue weighted by Crippen LogP contribution is 2.46. The molecule has 0 atom stereocenters. The predicted octanol–water partition coefficient (Wildman–Crippen LogP) is 0.464. The Bertz CT molecular complexity index is 262. The molecule has 0 bridgehead atoms. The number of amides is 1. The molecule has 0 unspecified atom stereocenters. The Balaban J connectivity index is 2.01. The minimum Gasteiger partial charge on any atom is -0.341 e. The zero-order chi connectivity index (χ0) is 10.4. The minimum atomic E-state index is -2.66. The average molecular weight is 204 g/mol. The summed E-state index contributed by atoms with van der Waals surface area (Å²) in [6.07, 6.45) is 0.398. The molecule has 2 aliphatic rings. The molecule has 3 nitrogen and oxygen atoms in total. The Morgan fingerprint density at radius 1 is 1.43 bits per heavy atom. The zero-order valence-electron chi connectivity index (χ0n) is 8.15. The molecule has 0 saturated carbocycles. The van der Waals surface area contributed by atoms with Crippen molar-refractivity contribution in [2.45, 2.75) is 19.3 Å². The molecule has 2 heterocycles. The van der Waals surface area contributed by atoms with Gasteiger partial charge in [0.05, 0.1) is 12.0 Å². The number of hydrogen-bond donors (Lipinski definition) is 1. The van der Waals surface area contributed by atoms with Crippen LogP contribution in [0.5, 0.6) is 0 Å². The summed E-state index contributed by atoms with van der Waals surface area (Å²) in [7, 11) is 0. The van der Waals surface area contributed by atoms with Gasteiger partial charge < -0.3 is 10.2 Å². The van der Waals surface area contributed by atoms with Crippen molar-refractivity contribution in [2.75, 3.05) is 26.2 Å². The normalized spacial score (nSPS) is 27.8. The zero-order valence-corrected chi connectivity index (χ0v) is 8.15. The molecule has 0 radical (unpaired) electrons. The number of rotatable bonds is 1. The number of likely N-dealkylation sites (tertiary alicyclic amines) is 1. The maximum absolute atomic E-state index is 13.4. The maximum Gasteiger partial charge on any atom is 0.270 e. The van der Waals surface area contributed by atoms with Crippen LogP contribution < -0.4 is 5.32 Å². The van der Waals surface area contributed by atoms with Crippen LogP contribution in [0.2, 0.25) is 0 Å². The summed E-state index contributed by atoms with van der Waals surface area (Å²) in [5.41, 5.74) is -0.974. The summed E-state index contributed by atoms with van der Waals surface area (Å²) >= 11 is 0. The summed E-state index contributed by atoms with van der Waals surface area (Å²) in [4.78, 5) is 12.7. The lowest BCUT2D eigenvalue weighted by atomic mass is 9.76. The van der Waals surface area contributed by atoms with E-state index in [2.05, 4.69) is 5.32 Å². The fourth-order valence-electron chi connectivity index (χ4n) is 2.20. The van der Waals surface area contributed by atoms with E-state index in [1.165, 1.54) is 4.90 Å². The average Bonchev–Trinajstić information content (AvgIpc) is 2.37. The lowest BCUT2D eigenvalue weighted by molar-refractivity contribution is -0.173. The number of alkyl halides is 2. The monoisotopic (exact) mass is 204 g/mol. The topological polar surface area (TPSA) is 32.3 Å². The van der Waals surface area contributed by atoms with Gasteiger partial charge in [-0.1, -0.05) is 6.92 Å². The van der Waals surface area contributed by atoms with E-state index in [9.17, 15) is 13.6 Å². The molecule has 14 heavy (non-hydrogen) atoms. The fraction of sp³-hybridized carbons (Fsp3) is 0.889. The first-order valence-electron chi connectivity index (χ1n) is 4.87. The number of nitrogens with one attached hydrogen (secondary N) is 1. The molecule has 0 aromatic heterocycles. The van der Waals surface area contributed by atoms with E-state index in [1.54, 1.807) is 6.92 Å². The smallest absolute Gasteiger partial charge is 0.270 e. The van der Waals surface area contributed by atoms with Crippen molar-refractivity contribution >= 4 is 5.91 Å². The first kappa shape index (κ1) is 9.83. The third kappa shape index (κ3) is 1.15. The minimum absolute atomic E-state index is 0.0293. The van der Waals surface area contributed by atoms with E-state index in [-0.39, 0.29) is 25.5 Å². The number of hydrogen-bond acceptors (Lipinski definition) is 2. The Morgan fingerprint density at radius 3 is 2.50 bits per heavy atom. The van der Waals surface area contributed by atoms with Crippen LogP contribution in [0, 0.1) is 5.41 Å². The van der Waals surface area contributed by atoms with Crippen LogP contribution in [0.15, 0.2) is 0 Å². The van der Waals surface area contributed by atoms with Crippen LogP contribution in [0.4, 0.5) is 8.78 Å². The van der Waals surface area contributed by atoms with Gasteiger partial charge in [-0.25, -0.2) is 8.78 Å². The van der Waals surface area contributed by atoms with Gasteiger partial charge in [-0.05, 0) is 0 Å². The van der Waals surface area contributed by atoms with Gasteiger partial charge in [-0.3, -0.25) is 4.79 Å². The van der Waals surface area contributed by atoms with Gasteiger partial charge >= 0.3 is 0 Å². The largest absolute Gasteiger partial charge is 0.341 e. The van der Waals surface area contributed by atoms with E-state index in [0.29, 0.717) is 13.0 Å². The first-order chi connectivity index (χ1) is 6.51. The van der Waals surface area contributed by atoms with Crippen molar-refractivity contribution in [1.82, 2.24) is 10.2 Å². The van der Waals surface area contributed by atoms with Gasteiger partial charge in [-0.2, -0.15) is 0 Å². The lowest BCUT2D eigenvalue weighted by Gasteiger charge is -2.50. The second-order valence-corrected chi connectivity index (χ2v) is 4.19. The van der Waals surface area contributed by atoms with Gasteiger partial charge in [0.2, 0.25) is 5.91 Å². The molecule has 2 aliphatic heterocycles. The third-order valence-electron chi connectivity index (χ3n) is 3.23. The molecular formula is C9H14F2N2O. The molecule has 1 amide bonds. The Morgan fingerprint density at radius 2 is 2.07 bits per heavy atom. The van der Waals surface area contributed by atoms with E-state index < -0.39 is 11.3 Å². The highest BCUT2D eigenvalue weighted by atomic mass is 19.3. The molecule has 80 valence electrons. The van der Waals surface area contributed by atoms with Crippen molar-refractivity contribution in [1.29, 1.82) is 0 Å². The van der Waals surface area contributed by atoms with E-state index in [1.807, 2.05) is 0 Å². The van der Waals surface area contributed by atoms with Crippen LogP contribution in [-0.4, -0.2) is 42.9 Å². The molecule has 2 rings (SSSR count). The van der Waals surface area contributed by atoms with Crippen LogP contribution in [0.25, 0.3) is 0 Å². The van der Waals surface area contributed by atoms with Crippen LogP contribution >= 0.6 is 0 Å². The summed E-state index contributed by atoms with van der Waals surface area (Å²) < 4.78 is 26.8. The summed E-state index contributed by atoms with van der Waals surface area (Å²) in [5.74, 6) is -2.68. The van der Waals surface area contributed by atoms with Crippen molar-refractivity contribution < 1.29 is 13.6 Å². The van der Waals surface area contributed by atoms with Gasteiger partial charge in [0.25, 0.3) is 5.92 Å². The molecular weight excluding hydrogens is 190 g/mol. The van der Waals surface area contributed by atoms with Crippen molar-refractivity contribution in [3.63, 3.8) is 0 Å². The standard InChI is InChI=1S/C9H14F2N2O/c1-2-7(14)13-5-8(6-13)3-12-4-9(8,10)11/h12H,2-6H2,1H3. The highest BCUT2D eigenvalue weighted by molar-refractivity contribution is 5.77. The van der Waals surface area contributed by atoms with Crippen molar-refractivity contribution in [3.05, 3.63) is 0 Å². The Kier molecular flexibility index (Phi) is 2.03. The molecule has 2 saturated heterocycles. The summed E-state index contributed by atoms with van der Waals surface area (Å²) in [6.45, 7) is 2.24. The van der Waals surface area contributed by atoms with Crippen molar-refractivity contribution in [3.8, 4) is 0 Å². The number of carbonyl (C=O) groups excluding carboxylic acids is 1. The quantitative estimate of drug-likeness (QED) is 0.673. The molecule has 1 spiro atoms. The van der Waals surface area contributed by atoms with E-state index >= 15 is 0 Å². The lowest BCUT2D eigenvalue weighted by Crippen LogP contribution is -2.65. The molecule has 2 fully saturated rings. The number of nitrogens with zero attached hydrogens (tertiary/aromatic N) is 1. The Labute approximate surface area is 81.4 Å². The molecule has 1 N–H and O–H groups in total. The van der Waals surface area contributed by atoms with Crippen LogP contribution in [0.1, 0.15) is 13.3 Å². The second kappa shape index (κ2) is 2.89. The van der Waals surface area contributed by atoms with E-state index in [4.69, 9.17) is 0 Å². The van der Waals surface area contributed by atoms with E-state index in [0.717, 1.165) is 0 Å². The molecule has 0 aromatic carbocycles. The molecule has 0 aliphatic carbocycles. The summed E-state index contributed by atoms with van der Waals surface area (Å²) in [6, 6.07) is 0. The molecule has 0 aromatic rings. The summed E-state index contributed by atoms with van der Waals surface area (Å²) in [5, 5.41) is 2.69. The highest BCUT2D eigenvalue weighted by Gasteiger charge is 2.63. The fourth-order valence-corrected chi connectivity index (χ4v) is 2.20. The van der Waals surface area contributed by atoms with Gasteiger partial charge in [-0.15, -0.1) is 0 Å². The van der Waals surface area contributed by atoms with Crippen molar-refractivity contribution in [2.24, 2.45) is 5.41 Å². The predicted molar refractivity (Wildman–Crippen MR) is 47.1 cm³/mol. The molecule has 5 heteroatoms. The van der Waals surface area contributed by atoms with Crippen LogP contribution in [0.3, 0.4) is 0 Å². The van der Waals surface area contributed by atoms with Crippen LogP contribution in [-0.2, 0) is 4.79 Å².